The van der Waals surface area contributed by atoms with Gasteiger partial charge in [0.1, 0.15) is 0 Å². The maximum Gasteiger partial charge on any atom is 0.211 e. The third kappa shape index (κ3) is 3.68. The van der Waals surface area contributed by atoms with Gasteiger partial charge in [0.05, 0.1) is 6.26 Å². The largest absolute Gasteiger partial charge is 0.398 e. The van der Waals surface area contributed by atoms with Crippen molar-refractivity contribution in [1.29, 1.82) is 0 Å². The monoisotopic (exact) mass is 347 g/mol. The molecule has 0 aliphatic carbocycles. The van der Waals surface area contributed by atoms with Gasteiger partial charge in [-0.05, 0) is 12.1 Å². The maximum atomic E-state index is 11.4. The molecule has 0 aromatic heterocycles. The van der Waals surface area contributed by atoms with Gasteiger partial charge in [0, 0.05) is 48.4 Å². The molecule has 1 fully saturated rings. The second-order valence-corrected chi connectivity index (χ2v) is 7.58. The molecule has 0 saturated carbocycles. The van der Waals surface area contributed by atoms with Crippen LogP contribution in [0.5, 0.6) is 0 Å². The number of nitrogens with zero attached hydrogens (tertiary/aromatic N) is 2. The minimum Gasteiger partial charge on any atom is -0.398 e. The van der Waals surface area contributed by atoms with Gasteiger partial charge >= 0.3 is 0 Å². The molecule has 1 aliphatic heterocycles. The molecule has 7 heteroatoms. The second kappa shape index (κ2) is 5.78. The highest BCUT2D eigenvalue weighted by Crippen LogP contribution is 2.24. The normalized spacial score (nSPS) is 18.6. The molecule has 1 saturated heterocycles. The van der Waals surface area contributed by atoms with Crippen molar-refractivity contribution in [2.45, 2.75) is 6.54 Å². The summed E-state index contributed by atoms with van der Waals surface area (Å²) in [6.07, 6.45) is 1.26. The van der Waals surface area contributed by atoms with Gasteiger partial charge < -0.3 is 5.73 Å². The lowest BCUT2D eigenvalue weighted by atomic mass is 10.1. The minimum atomic E-state index is -3.07. The van der Waals surface area contributed by atoms with Crippen molar-refractivity contribution < 1.29 is 8.42 Å². The lowest BCUT2D eigenvalue weighted by Gasteiger charge is -2.33. The molecule has 19 heavy (non-hydrogen) atoms. The predicted octanol–water partition coefficient (Wildman–Crippen LogP) is 1.11. The molecule has 0 amide bonds. The molecule has 0 unspecified atom stereocenters. The van der Waals surface area contributed by atoms with Crippen LogP contribution in [-0.4, -0.2) is 50.1 Å². The lowest BCUT2D eigenvalue weighted by molar-refractivity contribution is 0.182. The minimum absolute atomic E-state index is 0.545. The summed E-state index contributed by atoms with van der Waals surface area (Å²) < 4.78 is 25.4. The number of rotatable bonds is 3. The third-order valence-electron chi connectivity index (χ3n) is 3.34. The molecule has 5 nitrogen and oxygen atoms in total. The fourth-order valence-corrected chi connectivity index (χ4v) is 3.52. The Morgan fingerprint density at radius 1 is 1.26 bits per heavy atom. The highest BCUT2D eigenvalue weighted by atomic mass is 79.9. The summed E-state index contributed by atoms with van der Waals surface area (Å²) in [5.41, 5.74) is 7.80. The van der Waals surface area contributed by atoms with E-state index in [2.05, 4.69) is 20.8 Å². The SMILES string of the molecule is CS(=O)(=O)N1CCN(Cc2c(N)cccc2Br)CC1. The number of hydrogen-bond donors (Lipinski definition) is 1. The summed E-state index contributed by atoms with van der Waals surface area (Å²) >= 11 is 3.50. The molecular weight excluding hydrogens is 330 g/mol. The van der Waals surface area contributed by atoms with Crippen molar-refractivity contribution in [1.82, 2.24) is 9.21 Å². The number of piperazine rings is 1. The van der Waals surface area contributed by atoms with Gasteiger partial charge in [-0.25, -0.2) is 8.42 Å². The number of nitrogen functional groups attached to an aromatic ring is 1. The summed E-state index contributed by atoms with van der Waals surface area (Å²) in [5.74, 6) is 0. The van der Waals surface area contributed by atoms with Crippen LogP contribution in [0.15, 0.2) is 22.7 Å². The van der Waals surface area contributed by atoms with Crippen LogP contribution in [0, 0.1) is 0 Å². The maximum absolute atomic E-state index is 11.4. The molecule has 0 radical (unpaired) electrons. The van der Waals surface area contributed by atoms with Crippen molar-refractivity contribution in [2.24, 2.45) is 0 Å². The van der Waals surface area contributed by atoms with Crippen molar-refractivity contribution in [3.05, 3.63) is 28.2 Å². The number of sulfonamides is 1. The smallest absolute Gasteiger partial charge is 0.211 e. The molecule has 106 valence electrons. The second-order valence-electron chi connectivity index (χ2n) is 4.75. The van der Waals surface area contributed by atoms with E-state index in [1.54, 1.807) is 0 Å². The van der Waals surface area contributed by atoms with Crippen LogP contribution in [0.4, 0.5) is 5.69 Å². The number of anilines is 1. The first-order valence-corrected chi connectivity index (χ1v) is 8.72. The van der Waals surface area contributed by atoms with E-state index in [9.17, 15) is 8.42 Å². The predicted molar refractivity (Wildman–Crippen MR) is 80.2 cm³/mol. The highest BCUT2D eigenvalue weighted by molar-refractivity contribution is 9.10. The highest BCUT2D eigenvalue weighted by Gasteiger charge is 2.23. The molecule has 1 aliphatic rings. The Balaban J connectivity index is 2.00. The van der Waals surface area contributed by atoms with Crippen molar-refractivity contribution in [3.63, 3.8) is 0 Å². The molecule has 1 heterocycles. The Bertz CT molecular complexity index is 534. The average molecular weight is 348 g/mol. The summed E-state index contributed by atoms with van der Waals surface area (Å²) in [6, 6.07) is 5.76. The van der Waals surface area contributed by atoms with E-state index in [0.717, 1.165) is 35.4 Å². The fourth-order valence-electron chi connectivity index (χ4n) is 2.19. The Morgan fingerprint density at radius 3 is 2.42 bits per heavy atom. The van der Waals surface area contributed by atoms with Crippen LogP contribution in [-0.2, 0) is 16.6 Å². The Hall–Kier alpha value is -0.630. The van der Waals surface area contributed by atoms with Crippen LogP contribution in [0.1, 0.15) is 5.56 Å². The zero-order chi connectivity index (χ0) is 14.0. The van der Waals surface area contributed by atoms with Crippen molar-refractivity contribution in [2.75, 3.05) is 38.2 Å². The van der Waals surface area contributed by atoms with Crippen molar-refractivity contribution in [3.8, 4) is 0 Å². The van der Waals surface area contributed by atoms with Gasteiger partial charge in [-0.1, -0.05) is 22.0 Å². The summed E-state index contributed by atoms with van der Waals surface area (Å²) in [4.78, 5) is 2.22. The first kappa shape index (κ1) is 14.8. The third-order valence-corrected chi connectivity index (χ3v) is 5.38. The first-order valence-electron chi connectivity index (χ1n) is 6.08. The first-order chi connectivity index (χ1) is 8.88. The summed E-state index contributed by atoms with van der Waals surface area (Å²) in [7, 11) is -3.07. The van der Waals surface area contributed by atoms with Crippen LogP contribution >= 0.6 is 15.9 Å². The van der Waals surface area contributed by atoms with E-state index >= 15 is 0 Å². The summed E-state index contributed by atoms with van der Waals surface area (Å²) in [5, 5.41) is 0. The molecule has 1 aromatic carbocycles. The molecule has 0 atom stereocenters. The fraction of sp³-hybridized carbons (Fsp3) is 0.500. The van der Waals surface area contributed by atoms with Crippen LogP contribution in [0.2, 0.25) is 0 Å². The Labute approximate surface area is 122 Å². The number of hydrogen-bond acceptors (Lipinski definition) is 4. The Morgan fingerprint density at radius 2 is 1.89 bits per heavy atom. The van der Waals surface area contributed by atoms with E-state index in [1.807, 2.05) is 18.2 Å². The van der Waals surface area contributed by atoms with Gasteiger partial charge in [0.15, 0.2) is 0 Å². The zero-order valence-electron chi connectivity index (χ0n) is 10.8. The Kier molecular flexibility index (Phi) is 4.50. The van der Waals surface area contributed by atoms with E-state index in [4.69, 9.17) is 5.73 Å². The van der Waals surface area contributed by atoms with Gasteiger partial charge in [-0.3, -0.25) is 4.90 Å². The van der Waals surface area contributed by atoms with E-state index in [0.29, 0.717) is 13.1 Å². The molecule has 1 aromatic rings. The molecule has 0 bridgehead atoms. The number of benzene rings is 1. The standard InChI is InChI=1S/C12H18BrN3O2S/c1-19(17,18)16-7-5-15(6-8-16)9-10-11(13)3-2-4-12(10)14/h2-4H,5-9,14H2,1H3. The van der Waals surface area contributed by atoms with Crippen LogP contribution in [0.25, 0.3) is 0 Å². The van der Waals surface area contributed by atoms with E-state index < -0.39 is 10.0 Å². The summed E-state index contributed by atoms with van der Waals surface area (Å²) in [6.45, 7) is 3.29. The average Bonchev–Trinajstić information content (AvgIpc) is 2.33. The molecule has 0 spiro atoms. The quantitative estimate of drug-likeness (QED) is 0.831. The topological polar surface area (TPSA) is 66.6 Å². The lowest BCUT2D eigenvalue weighted by Crippen LogP contribution is -2.47. The number of halogens is 1. The molecule has 2 N–H and O–H groups in total. The van der Waals surface area contributed by atoms with Gasteiger partial charge in [-0.2, -0.15) is 4.31 Å². The van der Waals surface area contributed by atoms with E-state index in [-0.39, 0.29) is 0 Å². The van der Waals surface area contributed by atoms with Gasteiger partial charge in [0.2, 0.25) is 10.0 Å². The van der Waals surface area contributed by atoms with Crippen molar-refractivity contribution >= 4 is 31.6 Å². The van der Waals surface area contributed by atoms with Crippen LogP contribution < -0.4 is 5.73 Å². The zero-order valence-corrected chi connectivity index (χ0v) is 13.2. The van der Waals surface area contributed by atoms with Gasteiger partial charge in [-0.15, -0.1) is 0 Å². The molecular formula is C12H18BrN3O2S. The molecule has 2 rings (SSSR count). The van der Waals surface area contributed by atoms with Crippen LogP contribution in [0.3, 0.4) is 0 Å². The van der Waals surface area contributed by atoms with E-state index in [1.165, 1.54) is 10.6 Å². The number of nitrogens with two attached hydrogens (primary N) is 1. The van der Waals surface area contributed by atoms with Gasteiger partial charge in [0.25, 0.3) is 0 Å².